The molecule has 134 valence electrons. The van der Waals surface area contributed by atoms with Gasteiger partial charge >= 0.3 is 0 Å². The molecule has 0 aromatic carbocycles. The number of hydrogen-bond acceptors (Lipinski definition) is 5. The van der Waals surface area contributed by atoms with E-state index in [1.807, 2.05) is 13.0 Å². The quantitative estimate of drug-likeness (QED) is 0.660. The lowest BCUT2D eigenvalue weighted by Gasteiger charge is -2.32. The van der Waals surface area contributed by atoms with Gasteiger partial charge in [0.15, 0.2) is 0 Å². The zero-order chi connectivity index (χ0) is 18.1. The minimum Gasteiger partial charge on any atom is -0.357 e. The van der Waals surface area contributed by atoms with E-state index in [1.54, 1.807) is 18.5 Å². The van der Waals surface area contributed by atoms with Gasteiger partial charge in [0.2, 0.25) is 5.95 Å². The van der Waals surface area contributed by atoms with Crippen LogP contribution in [0.4, 0.5) is 5.95 Å². The molecule has 0 aliphatic carbocycles. The first kappa shape index (κ1) is 16.3. The second-order valence-electron chi connectivity index (χ2n) is 6.53. The molecule has 1 fully saturated rings. The van der Waals surface area contributed by atoms with Crippen LogP contribution in [-0.4, -0.2) is 45.0 Å². The summed E-state index contributed by atoms with van der Waals surface area (Å²) in [7, 11) is 0. The maximum absolute atomic E-state index is 12.6. The van der Waals surface area contributed by atoms with Crippen LogP contribution >= 0.6 is 0 Å². The molecule has 1 amide bonds. The highest BCUT2D eigenvalue weighted by molar-refractivity contribution is 6.05. The molecule has 1 saturated heterocycles. The van der Waals surface area contributed by atoms with Crippen LogP contribution in [-0.2, 0) is 0 Å². The van der Waals surface area contributed by atoms with Crippen molar-refractivity contribution in [1.82, 2.24) is 25.3 Å². The van der Waals surface area contributed by atoms with Gasteiger partial charge in [0.05, 0.1) is 5.56 Å². The van der Waals surface area contributed by atoms with Crippen molar-refractivity contribution in [3.05, 3.63) is 52.3 Å². The molecule has 8 heteroatoms. The summed E-state index contributed by atoms with van der Waals surface area (Å²) in [4.78, 5) is 40.8. The number of H-pyrrole nitrogens is 2. The molecule has 0 radical (unpaired) electrons. The molecule has 0 unspecified atom stereocenters. The average Bonchev–Trinajstić information content (AvgIpc) is 3.13. The molecule has 0 atom stereocenters. The normalized spacial score (nSPS) is 15.3. The minimum absolute atomic E-state index is 0.0875. The predicted octanol–water partition coefficient (Wildman–Crippen LogP) is 1.35. The third-order valence-electron chi connectivity index (χ3n) is 4.75. The van der Waals surface area contributed by atoms with Gasteiger partial charge in [-0.25, -0.2) is 9.97 Å². The average molecular weight is 352 g/mol. The molecule has 1 aliphatic rings. The van der Waals surface area contributed by atoms with Crippen LogP contribution < -0.4 is 15.8 Å². The van der Waals surface area contributed by atoms with Crippen LogP contribution in [0.1, 0.15) is 28.9 Å². The monoisotopic (exact) mass is 352 g/mol. The largest absolute Gasteiger partial charge is 0.357 e. The van der Waals surface area contributed by atoms with E-state index in [0.717, 1.165) is 37.6 Å². The standard InChI is InChI=1S/C18H20N6O2/c1-11-2-6-20-18(22-11)24-8-4-12(5-9-24)23-16(25)14-10-21-17(26)15-13(14)3-7-19-15/h2-3,6-7,10,12,19H,4-5,8-9H2,1H3,(H,21,26)(H,23,25). The van der Waals surface area contributed by atoms with Crippen LogP contribution in [0.5, 0.6) is 0 Å². The van der Waals surface area contributed by atoms with E-state index in [2.05, 4.69) is 30.2 Å². The number of anilines is 1. The Morgan fingerprint density at radius 2 is 2.08 bits per heavy atom. The van der Waals surface area contributed by atoms with Crippen molar-refractivity contribution >= 4 is 22.8 Å². The summed E-state index contributed by atoms with van der Waals surface area (Å²) < 4.78 is 0. The highest BCUT2D eigenvalue weighted by atomic mass is 16.2. The van der Waals surface area contributed by atoms with E-state index in [4.69, 9.17) is 0 Å². The van der Waals surface area contributed by atoms with Crippen LogP contribution in [0.15, 0.2) is 35.5 Å². The van der Waals surface area contributed by atoms with E-state index in [-0.39, 0.29) is 17.5 Å². The molecular formula is C18H20N6O2. The smallest absolute Gasteiger partial charge is 0.272 e. The van der Waals surface area contributed by atoms with Gasteiger partial charge in [-0.3, -0.25) is 9.59 Å². The van der Waals surface area contributed by atoms with Gasteiger partial charge in [-0.1, -0.05) is 0 Å². The minimum atomic E-state index is -0.229. The molecule has 3 aromatic rings. The molecule has 26 heavy (non-hydrogen) atoms. The number of nitrogens with zero attached hydrogens (tertiary/aromatic N) is 3. The fraction of sp³-hybridized carbons (Fsp3) is 0.333. The molecule has 3 aromatic heterocycles. The number of aryl methyl sites for hydroxylation is 1. The molecule has 8 nitrogen and oxygen atoms in total. The Hall–Kier alpha value is -3.16. The summed E-state index contributed by atoms with van der Waals surface area (Å²) in [6.07, 6.45) is 6.55. The van der Waals surface area contributed by atoms with Crippen LogP contribution in [0, 0.1) is 6.92 Å². The molecule has 4 rings (SSSR count). The Balaban J connectivity index is 1.42. The predicted molar refractivity (Wildman–Crippen MR) is 98.4 cm³/mol. The van der Waals surface area contributed by atoms with Crippen molar-refractivity contribution in [2.45, 2.75) is 25.8 Å². The highest BCUT2D eigenvalue weighted by Gasteiger charge is 2.23. The molecule has 0 bridgehead atoms. The lowest BCUT2D eigenvalue weighted by molar-refractivity contribution is 0.0932. The highest BCUT2D eigenvalue weighted by Crippen LogP contribution is 2.18. The van der Waals surface area contributed by atoms with Crippen molar-refractivity contribution in [2.75, 3.05) is 18.0 Å². The Labute approximate surface area is 149 Å². The third-order valence-corrected chi connectivity index (χ3v) is 4.75. The SMILES string of the molecule is Cc1ccnc(N2CCC(NC(=O)c3c[nH]c(=O)c4[nH]ccc34)CC2)n1. The second kappa shape index (κ2) is 6.62. The van der Waals surface area contributed by atoms with E-state index in [0.29, 0.717) is 16.5 Å². The first-order valence-electron chi connectivity index (χ1n) is 8.66. The molecule has 4 heterocycles. The number of fused-ring (bicyclic) bond motifs is 1. The summed E-state index contributed by atoms with van der Waals surface area (Å²) >= 11 is 0. The van der Waals surface area contributed by atoms with Gasteiger partial charge < -0.3 is 20.2 Å². The fourth-order valence-corrected chi connectivity index (χ4v) is 3.33. The zero-order valence-electron chi connectivity index (χ0n) is 14.5. The van der Waals surface area contributed by atoms with E-state index in [9.17, 15) is 9.59 Å². The Morgan fingerprint density at radius 3 is 2.85 bits per heavy atom. The second-order valence-corrected chi connectivity index (χ2v) is 6.53. The number of piperidine rings is 1. The van der Waals surface area contributed by atoms with Crippen molar-refractivity contribution in [3.8, 4) is 0 Å². The summed E-state index contributed by atoms with van der Waals surface area (Å²) in [6, 6.07) is 3.71. The van der Waals surface area contributed by atoms with E-state index in [1.165, 1.54) is 6.20 Å². The molecule has 0 spiro atoms. The van der Waals surface area contributed by atoms with Crippen LogP contribution in [0.25, 0.3) is 10.9 Å². The number of amides is 1. The fourth-order valence-electron chi connectivity index (χ4n) is 3.33. The lowest BCUT2D eigenvalue weighted by Crippen LogP contribution is -2.45. The van der Waals surface area contributed by atoms with Crippen molar-refractivity contribution in [3.63, 3.8) is 0 Å². The van der Waals surface area contributed by atoms with Gasteiger partial charge in [0.1, 0.15) is 5.52 Å². The maximum atomic E-state index is 12.6. The van der Waals surface area contributed by atoms with Crippen LogP contribution in [0.3, 0.4) is 0 Å². The number of hydrogen-bond donors (Lipinski definition) is 3. The van der Waals surface area contributed by atoms with Gasteiger partial charge in [0.25, 0.3) is 11.5 Å². The number of aromatic amines is 2. The number of carbonyl (C=O) groups excluding carboxylic acids is 1. The Bertz CT molecular complexity index is 1000. The van der Waals surface area contributed by atoms with Crippen LogP contribution in [0.2, 0.25) is 0 Å². The molecule has 0 saturated carbocycles. The number of nitrogens with one attached hydrogen (secondary N) is 3. The Kier molecular flexibility index (Phi) is 4.16. The van der Waals surface area contributed by atoms with E-state index >= 15 is 0 Å². The molecule has 1 aliphatic heterocycles. The van der Waals surface area contributed by atoms with E-state index < -0.39 is 0 Å². The number of pyridine rings is 1. The number of carbonyl (C=O) groups is 1. The zero-order valence-corrected chi connectivity index (χ0v) is 14.5. The van der Waals surface area contributed by atoms with Crippen molar-refractivity contribution in [2.24, 2.45) is 0 Å². The number of aromatic nitrogens is 4. The molecular weight excluding hydrogens is 332 g/mol. The first-order chi connectivity index (χ1) is 12.6. The first-order valence-corrected chi connectivity index (χ1v) is 8.66. The maximum Gasteiger partial charge on any atom is 0.272 e. The Morgan fingerprint density at radius 1 is 1.27 bits per heavy atom. The summed E-state index contributed by atoms with van der Waals surface area (Å²) in [6.45, 7) is 3.53. The van der Waals surface area contributed by atoms with Crippen molar-refractivity contribution < 1.29 is 4.79 Å². The molecule has 3 N–H and O–H groups in total. The van der Waals surface area contributed by atoms with Gasteiger partial charge in [-0.2, -0.15) is 0 Å². The van der Waals surface area contributed by atoms with Crippen molar-refractivity contribution in [1.29, 1.82) is 0 Å². The third kappa shape index (κ3) is 3.05. The summed E-state index contributed by atoms with van der Waals surface area (Å²) in [5.74, 6) is 0.570. The lowest BCUT2D eigenvalue weighted by atomic mass is 10.0. The number of rotatable bonds is 3. The van der Waals surface area contributed by atoms with Gasteiger partial charge in [-0.15, -0.1) is 0 Å². The summed E-state index contributed by atoms with van der Waals surface area (Å²) in [5.41, 5.74) is 1.61. The topological polar surface area (TPSA) is 107 Å². The van der Waals surface area contributed by atoms with Gasteiger partial charge in [0, 0.05) is 48.8 Å². The summed E-state index contributed by atoms with van der Waals surface area (Å²) in [5, 5.41) is 3.71. The van der Waals surface area contributed by atoms with Gasteiger partial charge in [-0.05, 0) is 31.9 Å².